The molecule has 0 spiro atoms. The van der Waals surface area contributed by atoms with Crippen LogP contribution in [0.15, 0.2) is 49.2 Å². The number of unbranched alkanes of at least 4 members (excludes halogenated alkanes) is 1. The Morgan fingerprint density at radius 2 is 2.10 bits per heavy atom. The van der Waals surface area contributed by atoms with Crippen LogP contribution in [0.25, 0.3) is 10.9 Å². The summed E-state index contributed by atoms with van der Waals surface area (Å²) in [5.74, 6) is 4.07. The number of ether oxygens (including phenoxy) is 2. The summed E-state index contributed by atoms with van der Waals surface area (Å²) in [4.78, 5) is 17.8. The zero-order valence-electron chi connectivity index (χ0n) is 17.2. The van der Waals surface area contributed by atoms with Crippen LogP contribution in [0.4, 0.5) is 0 Å². The van der Waals surface area contributed by atoms with Crippen molar-refractivity contribution in [3.05, 3.63) is 61.0 Å². The van der Waals surface area contributed by atoms with Gasteiger partial charge in [0.2, 0.25) is 0 Å². The number of fused-ring (bicyclic) bond motifs is 1. The second kappa shape index (κ2) is 10.6. The fourth-order valence-electron chi connectivity index (χ4n) is 3.00. The quantitative estimate of drug-likeness (QED) is 0.289. The first-order chi connectivity index (χ1) is 15.0. The highest BCUT2D eigenvalue weighted by Crippen LogP contribution is 2.36. The van der Waals surface area contributed by atoms with Gasteiger partial charge in [0.05, 0.1) is 28.7 Å². The van der Waals surface area contributed by atoms with E-state index >= 15 is 0 Å². The molecule has 2 aromatic carbocycles. The van der Waals surface area contributed by atoms with Crippen LogP contribution in [0.5, 0.6) is 11.5 Å². The minimum Gasteiger partial charge on any atom is -0.493 e. The molecule has 31 heavy (non-hydrogen) atoms. The van der Waals surface area contributed by atoms with Gasteiger partial charge < -0.3 is 9.47 Å². The van der Waals surface area contributed by atoms with Crippen LogP contribution in [0.1, 0.15) is 31.2 Å². The van der Waals surface area contributed by atoms with Crippen molar-refractivity contribution < 1.29 is 9.47 Å². The molecule has 0 unspecified atom stereocenters. The number of terminal acetylenes is 1. The predicted octanol–water partition coefficient (Wildman–Crippen LogP) is 5.17. The lowest BCUT2D eigenvalue weighted by Crippen LogP contribution is -2.22. The van der Waals surface area contributed by atoms with Crippen LogP contribution in [-0.2, 0) is 6.42 Å². The summed E-state index contributed by atoms with van der Waals surface area (Å²) in [5, 5.41) is 4.97. The van der Waals surface area contributed by atoms with Gasteiger partial charge in [-0.1, -0.05) is 35.2 Å². The fourth-order valence-corrected chi connectivity index (χ4v) is 3.94. The summed E-state index contributed by atoms with van der Waals surface area (Å²) in [6.07, 6.45) is 9.42. The van der Waals surface area contributed by atoms with E-state index in [1.807, 2.05) is 18.2 Å². The standard InChI is InChI=1S/C23H21Br2N3O3/c1-4-6-7-21-27-19-9-8-16(24)13-17(19)23(29)28(21)26-14-15-11-18(25)22(31-10-5-2)20(12-15)30-3/h2,8-9,11-14H,4,6-7,10H2,1,3H3. The molecule has 0 saturated carbocycles. The lowest BCUT2D eigenvalue weighted by atomic mass is 10.2. The Kier molecular flexibility index (Phi) is 7.88. The molecule has 0 amide bonds. The topological polar surface area (TPSA) is 65.7 Å². The van der Waals surface area contributed by atoms with E-state index in [1.54, 1.807) is 25.5 Å². The molecule has 3 aromatic rings. The van der Waals surface area contributed by atoms with E-state index in [0.29, 0.717) is 39.1 Å². The van der Waals surface area contributed by atoms with Crippen LogP contribution in [-0.4, -0.2) is 29.6 Å². The van der Waals surface area contributed by atoms with E-state index in [4.69, 9.17) is 15.9 Å². The van der Waals surface area contributed by atoms with Crippen molar-refractivity contribution in [1.82, 2.24) is 9.66 Å². The van der Waals surface area contributed by atoms with Gasteiger partial charge in [0.15, 0.2) is 11.5 Å². The molecule has 1 heterocycles. The number of aromatic nitrogens is 2. The third kappa shape index (κ3) is 5.35. The fraction of sp³-hybridized carbons (Fsp3) is 0.261. The van der Waals surface area contributed by atoms with E-state index in [9.17, 15) is 4.79 Å². The molecule has 0 N–H and O–H groups in total. The Balaban J connectivity index is 2.07. The highest BCUT2D eigenvalue weighted by molar-refractivity contribution is 9.10. The molecule has 6 nitrogen and oxygen atoms in total. The molecule has 8 heteroatoms. The molecule has 0 aliphatic carbocycles. The van der Waals surface area contributed by atoms with Crippen LogP contribution in [0.3, 0.4) is 0 Å². The molecular formula is C23H21Br2N3O3. The maximum Gasteiger partial charge on any atom is 0.282 e. The first-order valence-corrected chi connectivity index (χ1v) is 11.3. The van der Waals surface area contributed by atoms with Gasteiger partial charge in [-0.3, -0.25) is 4.79 Å². The van der Waals surface area contributed by atoms with Crippen molar-refractivity contribution in [2.45, 2.75) is 26.2 Å². The largest absolute Gasteiger partial charge is 0.493 e. The molecule has 0 atom stereocenters. The second-order valence-electron chi connectivity index (χ2n) is 6.68. The van der Waals surface area contributed by atoms with Crippen molar-refractivity contribution in [3.8, 4) is 23.8 Å². The maximum absolute atomic E-state index is 13.2. The van der Waals surface area contributed by atoms with Gasteiger partial charge in [-0.25, -0.2) is 4.98 Å². The smallest absolute Gasteiger partial charge is 0.282 e. The van der Waals surface area contributed by atoms with E-state index in [2.05, 4.69) is 54.8 Å². The number of rotatable bonds is 8. The maximum atomic E-state index is 13.2. The van der Waals surface area contributed by atoms with E-state index < -0.39 is 0 Å². The zero-order valence-corrected chi connectivity index (χ0v) is 20.4. The minimum absolute atomic E-state index is 0.122. The molecule has 0 aliphatic rings. The summed E-state index contributed by atoms with van der Waals surface area (Å²) in [5.41, 5.74) is 1.17. The van der Waals surface area contributed by atoms with E-state index in [1.165, 1.54) is 4.68 Å². The van der Waals surface area contributed by atoms with Gasteiger partial charge in [0.1, 0.15) is 12.4 Å². The van der Waals surface area contributed by atoms with Crippen molar-refractivity contribution in [2.75, 3.05) is 13.7 Å². The summed E-state index contributed by atoms with van der Waals surface area (Å²) in [6.45, 7) is 2.22. The third-order valence-electron chi connectivity index (χ3n) is 4.50. The monoisotopic (exact) mass is 545 g/mol. The molecule has 0 bridgehead atoms. The van der Waals surface area contributed by atoms with Gasteiger partial charge in [0.25, 0.3) is 5.56 Å². The van der Waals surface area contributed by atoms with Crippen molar-refractivity contribution in [2.24, 2.45) is 5.10 Å². The van der Waals surface area contributed by atoms with Crippen LogP contribution in [0.2, 0.25) is 0 Å². The highest BCUT2D eigenvalue weighted by Gasteiger charge is 2.13. The molecule has 3 rings (SSSR count). The second-order valence-corrected chi connectivity index (χ2v) is 8.45. The van der Waals surface area contributed by atoms with E-state index in [-0.39, 0.29) is 12.2 Å². The first-order valence-electron chi connectivity index (χ1n) is 9.67. The first kappa shape index (κ1) is 23.0. The van der Waals surface area contributed by atoms with E-state index in [0.717, 1.165) is 22.9 Å². The molecule has 160 valence electrons. The Morgan fingerprint density at radius 3 is 2.81 bits per heavy atom. The average molecular weight is 547 g/mol. The van der Waals surface area contributed by atoms with Gasteiger partial charge in [-0.2, -0.15) is 9.78 Å². The number of hydrogen-bond acceptors (Lipinski definition) is 5. The lowest BCUT2D eigenvalue weighted by Gasteiger charge is -2.12. The Hall–Kier alpha value is -2.63. The minimum atomic E-state index is -0.214. The number of nitrogens with zero attached hydrogens (tertiary/aromatic N) is 3. The molecule has 0 radical (unpaired) electrons. The van der Waals surface area contributed by atoms with Crippen LogP contribution in [0, 0.1) is 12.3 Å². The average Bonchev–Trinajstić information content (AvgIpc) is 2.76. The normalized spacial score (nSPS) is 11.1. The number of hydrogen-bond donors (Lipinski definition) is 0. The van der Waals surface area contributed by atoms with Crippen molar-refractivity contribution >= 4 is 49.0 Å². The molecular weight excluding hydrogens is 526 g/mol. The molecule has 1 aromatic heterocycles. The van der Waals surface area contributed by atoms with Crippen LogP contribution >= 0.6 is 31.9 Å². The number of benzene rings is 2. The zero-order chi connectivity index (χ0) is 22.4. The summed E-state index contributed by atoms with van der Waals surface area (Å²) in [7, 11) is 1.55. The number of methoxy groups -OCH3 is 1. The Labute approximate surface area is 197 Å². The molecule has 0 fully saturated rings. The molecule has 0 saturated heterocycles. The summed E-state index contributed by atoms with van der Waals surface area (Å²) in [6, 6.07) is 9.06. The van der Waals surface area contributed by atoms with Gasteiger partial charge in [-0.15, -0.1) is 6.42 Å². The van der Waals surface area contributed by atoms with Gasteiger partial charge in [-0.05, 0) is 58.2 Å². The Morgan fingerprint density at radius 1 is 1.29 bits per heavy atom. The van der Waals surface area contributed by atoms with Gasteiger partial charge >= 0.3 is 0 Å². The molecule has 0 aliphatic heterocycles. The lowest BCUT2D eigenvalue weighted by molar-refractivity contribution is 0.329. The van der Waals surface area contributed by atoms with Crippen molar-refractivity contribution in [1.29, 1.82) is 0 Å². The third-order valence-corrected chi connectivity index (χ3v) is 5.59. The predicted molar refractivity (Wildman–Crippen MR) is 130 cm³/mol. The summed E-state index contributed by atoms with van der Waals surface area (Å²) >= 11 is 6.90. The van der Waals surface area contributed by atoms with Gasteiger partial charge in [0, 0.05) is 10.9 Å². The number of halogens is 2. The Bertz CT molecular complexity index is 1230. The van der Waals surface area contributed by atoms with Crippen molar-refractivity contribution in [3.63, 3.8) is 0 Å². The highest BCUT2D eigenvalue weighted by atomic mass is 79.9. The van der Waals surface area contributed by atoms with Crippen LogP contribution < -0.4 is 15.0 Å². The summed E-state index contributed by atoms with van der Waals surface area (Å²) < 4.78 is 13.8. The SMILES string of the molecule is C#CCOc1c(Br)cc(C=Nn2c(CCCC)nc3ccc(Br)cc3c2=O)cc1OC. The number of aryl methyl sites for hydroxylation is 1.